The van der Waals surface area contributed by atoms with Gasteiger partial charge in [-0.2, -0.15) is 0 Å². The molecule has 0 radical (unpaired) electrons. The van der Waals surface area contributed by atoms with Crippen LogP contribution in [0, 0.1) is 0 Å². The molecule has 1 rings (SSSR count). The number of likely N-dealkylation sites (tertiary alicyclic amines) is 1. The number of hydrogen-bond acceptors (Lipinski definition) is 1. The first-order valence-electron chi connectivity index (χ1n) is 5.45. The predicted molar refractivity (Wildman–Crippen MR) is 57.7 cm³/mol. The van der Waals surface area contributed by atoms with E-state index in [1.54, 1.807) is 0 Å². The number of piperidine rings is 1. The van der Waals surface area contributed by atoms with Gasteiger partial charge in [-0.15, -0.1) is 12.1 Å². The maximum Gasteiger partial charge on any atom is 0.506 e. The normalized spacial score (nSPS) is 29.1. The molecule has 15 heavy (non-hydrogen) atoms. The summed E-state index contributed by atoms with van der Waals surface area (Å²) in [5.74, 6) is 0. The summed E-state index contributed by atoms with van der Waals surface area (Å²) in [6, 6.07) is 0.479. The molecule has 88 valence electrons. The van der Waals surface area contributed by atoms with Crippen molar-refractivity contribution in [2.45, 2.75) is 45.2 Å². The lowest BCUT2D eigenvalue weighted by atomic mass is 9.79. The van der Waals surface area contributed by atoms with Gasteiger partial charge in [0.2, 0.25) is 0 Å². The Balaban J connectivity index is 2.59. The van der Waals surface area contributed by atoms with Gasteiger partial charge in [0.1, 0.15) is 0 Å². The zero-order chi connectivity index (χ0) is 11.6. The maximum absolute atomic E-state index is 12.4. The SMILES string of the molecule is C=C(CN1[C@H](C)CCC[C@@H]1C)[B-](F)(F)F. The molecule has 0 spiro atoms. The van der Waals surface area contributed by atoms with Crippen LogP contribution < -0.4 is 0 Å². The van der Waals surface area contributed by atoms with Crippen molar-refractivity contribution in [1.29, 1.82) is 0 Å². The Hall–Kier alpha value is -0.445. The summed E-state index contributed by atoms with van der Waals surface area (Å²) < 4.78 is 37.2. The van der Waals surface area contributed by atoms with Crippen molar-refractivity contribution < 1.29 is 12.9 Å². The third kappa shape index (κ3) is 3.26. The highest BCUT2D eigenvalue weighted by Gasteiger charge is 2.31. The van der Waals surface area contributed by atoms with Crippen LogP contribution in [0.4, 0.5) is 12.9 Å². The van der Waals surface area contributed by atoms with Crippen molar-refractivity contribution >= 4 is 6.98 Å². The fourth-order valence-electron chi connectivity index (χ4n) is 2.12. The fourth-order valence-corrected chi connectivity index (χ4v) is 2.12. The molecule has 0 aromatic heterocycles. The van der Waals surface area contributed by atoms with Crippen molar-refractivity contribution in [2.75, 3.05) is 6.54 Å². The largest absolute Gasteiger partial charge is 0.506 e. The van der Waals surface area contributed by atoms with Crippen LogP contribution in [-0.4, -0.2) is 30.5 Å². The van der Waals surface area contributed by atoms with E-state index < -0.39 is 12.4 Å². The molecule has 1 nitrogen and oxygen atoms in total. The van der Waals surface area contributed by atoms with Gasteiger partial charge in [0, 0.05) is 12.1 Å². The van der Waals surface area contributed by atoms with E-state index in [-0.39, 0.29) is 18.6 Å². The third-order valence-corrected chi connectivity index (χ3v) is 3.22. The molecular formula is C10H18BF3N-. The van der Waals surface area contributed by atoms with Crippen LogP contribution in [0.5, 0.6) is 0 Å². The molecule has 2 atom stereocenters. The molecule has 1 fully saturated rings. The van der Waals surface area contributed by atoms with Crippen molar-refractivity contribution in [3.63, 3.8) is 0 Å². The summed E-state index contributed by atoms with van der Waals surface area (Å²) in [6.07, 6.45) is 3.09. The molecule has 0 unspecified atom stereocenters. The average Bonchev–Trinajstić information content (AvgIpc) is 2.09. The van der Waals surface area contributed by atoms with E-state index in [4.69, 9.17) is 0 Å². The number of nitrogens with zero attached hydrogens (tertiary/aromatic N) is 1. The molecule has 1 heterocycles. The minimum Gasteiger partial charge on any atom is -0.445 e. The predicted octanol–water partition coefficient (Wildman–Crippen LogP) is 3.19. The van der Waals surface area contributed by atoms with E-state index in [0.717, 1.165) is 19.3 Å². The molecular weight excluding hydrogens is 202 g/mol. The summed E-state index contributed by atoms with van der Waals surface area (Å²) in [5, 5.41) is 0. The quantitative estimate of drug-likeness (QED) is 0.660. The van der Waals surface area contributed by atoms with E-state index >= 15 is 0 Å². The summed E-state index contributed by atoms with van der Waals surface area (Å²) in [6.45, 7) is 2.24. The molecule has 1 aliphatic rings. The molecule has 1 saturated heterocycles. The van der Waals surface area contributed by atoms with E-state index in [0.29, 0.717) is 0 Å². The lowest BCUT2D eigenvalue weighted by Crippen LogP contribution is -2.46. The summed E-state index contributed by atoms with van der Waals surface area (Å²) >= 11 is 0. The zero-order valence-corrected chi connectivity index (χ0v) is 9.35. The summed E-state index contributed by atoms with van der Waals surface area (Å²) in [5.41, 5.74) is -0.574. The first kappa shape index (κ1) is 12.6. The van der Waals surface area contributed by atoms with Gasteiger partial charge in [0.25, 0.3) is 0 Å². The Bertz CT molecular complexity index is 229. The zero-order valence-electron chi connectivity index (χ0n) is 9.35. The summed E-state index contributed by atoms with van der Waals surface area (Å²) in [7, 11) is 0. The summed E-state index contributed by atoms with van der Waals surface area (Å²) in [4.78, 5) is 1.92. The molecule has 1 aliphatic heterocycles. The Labute approximate surface area is 89.4 Å². The van der Waals surface area contributed by atoms with Crippen LogP contribution >= 0.6 is 0 Å². The monoisotopic (exact) mass is 220 g/mol. The Morgan fingerprint density at radius 2 is 1.73 bits per heavy atom. The Kier molecular flexibility index (Phi) is 3.87. The van der Waals surface area contributed by atoms with Crippen LogP contribution in [-0.2, 0) is 0 Å². The second-order valence-corrected chi connectivity index (χ2v) is 4.53. The lowest BCUT2D eigenvalue weighted by Gasteiger charge is -2.40. The van der Waals surface area contributed by atoms with Crippen LogP contribution in [0.15, 0.2) is 12.1 Å². The van der Waals surface area contributed by atoms with Gasteiger partial charge >= 0.3 is 6.98 Å². The van der Waals surface area contributed by atoms with Gasteiger partial charge in [-0.1, -0.05) is 6.42 Å². The topological polar surface area (TPSA) is 3.24 Å². The standard InChI is InChI=1S/C10H18BF3N/c1-8(11(12,13)14)7-15-9(2)5-4-6-10(15)3/h9-10H,1,4-7H2,2-3H3/q-1/t9-,10+. The molecule has 0 amide bonds. The van der Waals surface area contributed by atoms with Crippen molar-refractivity contribution in [3.05, 3.63) is 12.1 Å². The van der Waals surface area contributed by atoms with Crippen LogP contribution in [0.3, 0.4) is 0 Å². The van der Waals surface area contributed by atoms with Crippen LogP contribution in [0.1, 0.15) is 33.1 Å². The van der Waals surface area contributed by atoms with Crippen molar-refractivity contribution in [3.8, 4) is 0 Å². The molecule has 0 bridgehead atoms. The van der Waals surface area contributed by atoms with E-state index in [1.807, 2.05) is 18.7 Å². The smallest absolute Gasteiger partial charge is 0.445 e. The van der Waals surface area contributed by atoms with Crippen molar-refractivity contribution in [2.24, 2.45) is 0 Å². The van der Waals surface area contributed by atoms with Gasteiger partial charge in [0.15, 0.2) is 0 Å². The lowest BCUT2D eigenvalue weighted by molar-refractivity contribution is 0.116. The number of halogens is 3. The Morgan fingerprint density at radius 3 is 2.13 bits per heavy atom. The maximum atomic E-state index is 12.4. The molecule has 5 heteroatoms. The van der Waals surface area contributed by atoms with E-state index in [2.05, 4.69) is 6.58 Å². The van der Waals surface area contributed by atoms with Gasteiger partial charge in [-0.05, 0) is 33.2 Å². The van der Waals surface area contributed by atoms with Crippen LogP contribution in [0.2, 0.25) is 0 Å². The highest BCUT2D eigenvalue weighted by molar-refractivity contribution is 6.66. The first-order chi connectivity index (χ1) is 6.82. The van der Waals surface area contributed by atoms with Gasteiger partial charge < -0.3 is 12.9 Å². The third-order valence-electron chi connectivity index (χ3n) is 3.22. The van der Waals surface area contributed by atoms with E-state index in [9.17, 15) is 12.9 Å². The minimum atomic E-state index is -4.88. The molecule has 0 aromatic rings. The first-order valence-corrected chi connectivity index (χ1v) is 5.45. The second kappa shape index (κ2) is 4.60. The van der Waals surface area contributed by atoms with Crippen LogP contribution in [0.25, 0.3) is 0 Å². The number of hydrogen-bond donors (Lipinski definition) is 0. The molecule has 0 aliphatic carbocycles. The minimum absolute atomic E-state index is 0.0220. The van der Waals surface area contributed by atoms with Crippen molar-refractivity contribution in [1.82, 2.24) is 4.90 Å². The molecule has 0 aromatic carbocycles. The van der Waals surface area contributed by atoms with Gasteiger partial charge in [-0.25, -0.2) is 0 Å². The average molecular weight is 220 g/mol. The molecule has 0 saturated carbocycles. The molecule has 0 N–H and O–H groups in total. The Morgan fingerprint density at radius 1 is 1.27 bits per heavy atom. The highest BCUT2D eigenvalue weighted by atomic mass is 19.4. The number of rotatable bonds is 3. The fraction of sp³-hybridized carbons (Fsp3) is 0.800. The second-order valence-electron chi connectivity index (χ2n) is 4.53. The van der Waals surface area contributed by atoms with Gasteiger partial charge in [-0.3, -0.25) is 4.90 Å². The highest BCUT2D eigenvalue weighted by Crippen LogP contribution is 2.26. The van der Waals surface area contributed by atoms with E-state index in [1.165, 1.54) is 0 Å². The van der Waals surface area contributed by atoms with Gasteiger partial charge in [0.05, 0.1) is 0 Å².